The Kier molecular flexibility index (Phi) is 1.89. The zero-order chi connectivity index (χ0) is 11.0. The molecule has 0 fully saturated rings. The average Bonchev–Trinajstić information content (AvgIpc) is 2.87. The van der Waals surface area contributed by atoms with Crippen LogP contribution in [-0.2, 0) is 6.42 Å². The summed E-state index contributed by atoms with van der Waals surface area (Å²) in [5.74, 6) is 1.74. The first-order valence-corrected chi connectivity index (χ1v) is 4.89. The molecule has 3 heterocycles. The van der Waals surface area contributed by atoms with Gasteiger partial charge >= 0.3 is 0 Å². The van der Waals surface area contributed by atoms with Crippen LogP contribution < -0.4 is 16.4 Å². The van der Waals surface area contributed by atoms with Crippen LogP contribution in [0.25, 0.3) is 0 Å². The molecule has 0 aromatic carbocycles. The van der Waals surface area contributed by atoms with Crippen molar-refractivity contribution in [1.29, 1.82) is 0 Å². The topological polar surface area (TPSA) is 102 Å². The molecule has 0 amide bonds. The number of nitrogens with zero attached hydrogens (tertiary/aromatic N) is 3. The molecule has 0 saturated heterocycles. The number of fused-ring (bicyclic) bond motifs is 1. The lowest BCUT2D eigenvalue weighted by molar-refractivity contribution is 0.420. The Balaban J connectivity index is 1.94. The van der Waals surface area contributed by atoms with Gasteiger partial charge in [-0.1, -0.05) is 5.16 Å². The number of hydrogen-bond donors (Lipinski definition) is 3. The standard InChI is InChI=1S/C9H10N6O/c10-7-6-1-2-11-8(6)15-9(14-7)13-5-3-12-16-4-5/h3-4H,1-2H2,(H4,10,11,13,14,15). The van der Waals surface area contributed by atoms with Gasteiger partial charge in [0.1, 0.15) is 23.6 Å². The van der Waals surface area contributed by atoms with Gasteiger partial charge in [-0.2, -0.15) is 9.97 Å². The number of anilines is 4. The molecule has 4 N–H and O–H groups in total. The second-order valence-electron chi connectivity index (χ2n) is 3.47. The van der Waals surface area contributed by atoms with Crippen molar-refractivity contribution in [2.45, 2.75) is 6.42 Å². The zero-order valence-corrected chi connectivity index (χ0v) is 8.40. The van der Waals surface area contributed by atoms with E-state index in [1.54, 1.807) is 6.20 Å². The number of hydrogen-bond acceptors (Lipinski definition) is 7. The summed E-state index contributed by atoms with van der Waals surface area (Å²) in [5, 5.41) is 9.68. The molecule has 0 atom stereocenters. The predicted molar refractivity (Wildman–Crippen MR) is 58.4 cm³/mol. The van der Waals surface area contributed by atoms with Gasteiger partial charge in [0.15, 0.2) is 0 Å². The summed E-state index contributed by atoms with van der Waals surface area (Å²) in [7, 11) is 0. The Morgan fingerprint density at radius 3 is 3.19 bits per heavy atom. The van der Waals surface area contributed by atoms with E-state index in [-0.39, 0.29) is 0 Å². The molecule has 0 saturated carbocycles. The third-order valence-electron chi connectivity index (χ3n) is 2.40. The molecule has 0 bridgehead atoms. The SMILES string of the molecule is Nc1nc(Nc2cnoc2)nc2c1CCN2. The molecular formula is C9H10N6O. The van der Waals surface area contributed by atoms with Crippen LogP contribution in [0.15, 0.2) is 17.0 Å². The van der Waals surface area contributed by atoms with Gasteiger partial charge in [-0.25, -0.2) is 0 Å². The predicted octanol–water partition coefficient (Wildman–Crippen LogP) is 0.758. The van der Waals surface area contributed by atoms with E-state index in [9.17, 15) is 0 Å². The fourth-order valence-electron chi connectivity index (χ4n) is 1.65. The number of aromatic nitrogens is 3. The summed E-state index contributed by atoms with van der Waals surface area (Å²) in [4.78, 5) is 8.47. The molecule has 16 heavy (non-hydrogen) atoms. The van der Waals surface area contributed by atoms with Gasteiger partial charge in [0.2, 0.25) is 5.95 Å². The lowest BCUT2D eigenvalue weighted by atomic mass is 10.2. The smallest absolute Gasteiger partial charge is 0.231 e. The molecule has 7 nitrogen and oxygen atoms in total. The van der Waals surface area contributed by atoms with Gasteiger partial charge in [-0.05, 0) is 6.42 Å². The monoisotopic (exact) mass is 218 g/mol. The Bertz CT molecular complexity index is 509. The third kappa shape index (κ3) is 1.42. The minimum atomic E-state index is 0.439. The van der Waals surface area contributed by atoms with Crippen molar-refractivity contribution in [2.75, 3.05) is 22.9 Å². The quantitative estimate of drug-likeness (QED) is 0.683. The van der Waals surface area contributed by atoms with Gasteiger partial charge < -0.3 is 20.9 Å². The summed E-state index contributed by atoms with van der Waals surface area (Å²) < 4.78 is 4.69. The molecule has 0 unspecified atom stereocenters. The van der Waals surface area contributed by atoms with Crippen molar-refractivity contribution in [2.24, 2.45) is 0 Å². The van der Waals surface area contributed by atoms with Crippen LogP contribution in [0.4, 0.5) is 23.3 Å². The minimum Gasteiger partial charge on any atom is -0.383 e. The second kappa shape index (κ2) is 3.37. The maximum Gasteiger partial charge on any atom is 0.231 e. The van der Waals surface area contributed by atoms with Crippen molar-refractivity contribution in [3.8, 4) is 0 Å². The summed E-state index contributed by atoms with van der Waals surface area (Å²) in [6, 6.07) is 0. The van der Waals surface area contributed by atoms with Crippen molar-refractivity contribution in [1.82, 2.24) is 15.1 Å². The molecule has 7 heteroatoms. The van der Waals surface area contributed by atoms with Crippen LogP contribution in [0.1, 0.15) is 5.56 Å². The van der Waals surface area contributed by atoms with Gasteiger partial charge in [-0.15, -0.1) is 0 Å². The average molecular weight is 218 g/mol. The summed E-state index contributed by atoms with van der Waals surface area (Å²) >= 11 is 0. The Labute approximate surface area is 91.1 Å². The van der Waals surface area contributed by atoms with E-state index in [4.69, 9.17) is 10.3 Å². The Morgan fingerprint density at radius 2 is 2.38 bits per heavy atom. The number of nitrogens with two attached hydrogens (primary N) is 1. The van der Waals surface area contributed by atoms with Crippen molar-refractivity contribution >= 4 is 23.3 Å². The number of nitrogens with one attached hydrogen (secondary N) is 2. The van der Waals surface area contributed by atoms with Gasteiger partial charge in [0.25, 0.3) is 0 Å². The highest BCUT2D eigenvalue weighted by Gasteiger charge is 2.17. The minimum absolute atomic E-state index is 0.439. The largest absolute Gasteiger partial charge is 0.383 e. The normalized spacial score (nSPS) is 13.2. The molecule has 82 valence electrons. The molecule has 2 aromatic heterocycles. The molecule has 2 aromatic rings. The van der Waals surface area contributed by atoms with Crippen LogP contribution in [0.2, 0.25) is 0 Å². The lowest BCUT2D eigenvalue weighted by Crippen LogP contribution is -2.03. The van der Waals surface area contributed by atoms with Crippen molar-refractivity contribution in [3.05, 3.63) is 18.0 Å². The first-order valence-electron chi connectivity index (χ1n) is 4.89. The fourth-order valence-corrected chi connectivity index (χ4v) is 1.65. The first-order chi connectivity index (χ1) is 7.83. The molecule has 1 aliphatic rings. The van der Waals surface area contributed by atoms with Gasteiger partial charge in [0.05, 0.1) is 6.20 Å². The van der Waals surface area contributed by atoms with Crippen molar-refractivity contribution < 1.29 is 4.52 Å². The third-order valence-corrected chi connectivity index (χ3v) is 2.40. The highest BCUT2D eigenvalue weighted by Crippen LogP contribution is 2.26. The van der Waals surface area contributed by atoms with Gasteiger partial charge in [-0.3, -0.25) is 0 Å². The van der Waals surface area contributed by atoms with Gasteiger partial charge in [0, 0.05) is 12.1 Å². The highest BCUT2D eigenvalue weighted by atomic mass is 16.5. The summed E-state index contributed by atoms with van der Waals surface area (Å²) in [5.41, 5.74) is 7.51. The van der Waals surface area contributed by atoms with E-state index in [0.29, 0.717) is 17.5 Å². The van der Waals surface area contributed by atoms with Crippen LogP contribution >= 0.6 is 0 Å². The second-order valence-corrected chi connectivity index (χ2v) is 3.47. The van der Waals surface area contributed by atoms with E-state index in [1.807, 2.05) is 0 Å². The van der Waals surface area contributed by atoms with Crippen LogP contribution in [0.3, 0.4) is 0 Å². The van der Waals surface area contributed by atoms with E-state index in [2.05, 4.69) is 25.8 Å². The van der Waals surface area contributed by atoms with E-state index < -0.39 is 0 Å². The fraction of sp³-hybridized carbons (Fsp3) is 0.222. The van der Waals surface area contributed by atoms with E-state index in [1.165, 1.54) is 6.26 Å². The molecule has 3 rings (SSSR count). The van der Waals surface area contributed by atoms with Crippen LogP contribution in [0, 0.1) is 0 Å². The van der Waals surface area contributed by atoms with Crippen LogP contribution in [-0.4, -0.2) is 21.7 Å². The molecule has 0 aliphatic carbocycles. The molecular weight excluding hydrogens is 208 g/mol. The van der Waals surface area contributed by atoms with E-state index in [0.717, 1.165) is 24.3 Å². The Hall–Kier alpha value is -2.31. The van der Waals surface area contributed by atoms with E-state index >= 15 is 0 Å². The molecule has 0 spiro atoms. The first kappa shape index (κ1) is 8.96. The number of rotatable bonds is 2. The van der Waals surface area contributed by atoms with Crippen LogP contribution in [0.5, 0.6) is 0 Å². The molecule has 0 radical (unpaired) electrons. The zero-order valence-electron chi connectivity index (χ0n) is 8.40. The Morgan fingerprint density at radius 1 is 1.44 bits per heavy atom. The summed E-state index contributed by atoms with van der Waals surface area (Å²) in [6.07, 6.45) is 3.88. The summed E-state index contributed by atoms with van der Waals surface area (Å²) in [6.45, 7) is 0.852. The maximum atomic E-state index is 5.83. The lowest BCUT2D eigenvalue weighted by Gasteiger charge is -2.06. The maximum absolute atomic E-state index is 5.83. The highest BCUT2D eigenvalue weighted by molar-refractivity contribution is 5.64. The number of nitrogen functional groups attached to an aromatic ring is 1. The molecule has 1 aliphatic heterocycles. The van der Waals surface area contributed by atoms with Crippen molar-refractivity contribution in [3.63, 3.8) is 0 Å².